The van der Waals surface area contributed by atoms with Crippen LogP contribution in [0.1, 0.15) is 22.8 Å². The normalized spacial score (nSPS) is 12.6. The van der Waals surface area contributed by atoms with E-state index in [2.05, 4.69) is 15.9 Å². The lowest BCUT2D eigenvalue weighted by molar-refractivity contribution is 0.0994. The second-order valence-corrected chi connectivity index (χ2v) is 4.73. The monoisotopic (exact) mass is 278 g/mol. The summed E-state index contributed by atoms with van der Waals surface area (Å²) < 4.78 is 12.5. The fourth-order valence-electron chi connectivity index (χ4n) is 1.11. The standard InChI is InChI=1S/C10H9BrClFO/c1-6(11)10(14)9-4-8(12)3-2-7(9)5-13/h2-4,6H,5H2,1H3. The largest absolute Gasteiger partial charge is 0.293 e. The van der Waals surface area contributed by atoms with Gasteiger partial charge in [0.2, 0.25) is 0 Å². The summed E-state index contributed by atoms with van der Waals surface area (Å²) in [7, 11) is 0. The minimum absolute atomic E-state index is 0.153. The highest BCUT2D eigenvalue weighted by molar-refractivity contribution is 9.10. The van der Waals surface area contributed by atoms with Crippen LogP contribution in [-0.4, -0.2) is 10.6 Å². The number of benzene rings is 1. The Morgan fingerprint density at radius 1 is 1.64 bits per heavy atom. The average molecular weight is 280 g/mol. The minimum Gasteiger partial charge on any atom is -0.293 e. The molecular formula is C10H9BrClFO. The van der Waals surface area contributed by atoms with E-state index < -0.39 is 6.67 Å². The molecule has 0 spiro atoms. The van der Waals surface area contributed by atoms with Gasteiger partial charge in [0, 0.05) is 10.6 Å². The van der Waals surface area contributed by atoms with Gasteiger partial charge in [-0.05, 0) is 24.6 Å². The average Bonchev–Trinajstić information content (AvgIpc) is 2.16. The molecule has 0 N–H and O–H groups in total. The van der Waals surface area contributed by atoms with Crippen LogP contribution < -0.4 is 0 Å². The number of carbonyl (C=O) groups is 1. The fraction of sp³-hybridized carbons (Fsp3) is 0.300. The van der Waals surface area contributed by atoms with Gasteiger partial charge >= 0.3 is 0 Å². The lowest BCUT2D eigenvalue weighted by Gasteiger charge is -2.07. The predicted molar refractivity (Wildman–Crippen MR) is 59.0 cm³/mol. The second kappa shape index (κ2) is 4.89. The minimum atomic E-state index is -0.655. The van der Waals surface area contributed by atoms with E-state index in [1.54, 1.807) is 13.0 Å². The summed E-state index contributed by atoms with van der Waals surface area (Å²) in [6.45, 7) is 1.04. The van der Waals surface area contributed by atoms with Crippen LogP contribution in [0.2, 0.25) is 5.02 Å². The van der Waals surface area contributed by atoms with Gasteiger partial charge in [-0.1, -0.05) is 33.6 Å². The van der Waals surface area contributed by atoms with Crippen LogP contribution in [0.4, 0.5) is 4.39 Å². The molecule has 0 heterocycles. The maximum atomic E-state index is 12.5. The SMILES string of the molecule is CC(Br)C(=O)c1cc(Cl)ccc1CF. The van der Waals surface area contributed by atoms with Crippen molar-refractivity contribution >= 4 is 33.3 Å². The molecule has 0 amide bonds. The first-order chi connectivity index (χ1) is 6.56. The Kier molecular flexibility index (Phi) is 4.08. The van der Waals surface area contributed by atoms with Crippen molar-refractivity contribution in [3.8, 4) is 0 Å². The van der Waals surface area contributed by atoms with Gasteiger partial charge in [-0.25, -0.2) is 4.39 Å². The van der Waals surface area contributed by atoms with Crippen molar-refractivity contribution < 1.29 is 9.18 Å². The summed E-state index contributed by atoms with van der Waals surface area (Å²) >= 11 is 8.88. The molecule has 1 aromatic carbocycles. The van der Waals surface area contributed by atoms with Gasteiger partial charge in [0.1, 0.15) is 6.67 Å². The Labute approximate surface area is 95.4 Å². The number of halogens is 3. The molecule has 1 rings (SSSR count). The summed E-state index contributed by atoms with van der Waals surface area (Å²) in [5, 5.41) is 0.443. The molecule has 0 aromatic heterocycles. The molecule has 0 aliphatic heterocycles. The Morgan fingerprint density at radius 3 is 2.79 bits per heavy atom. The van der Waals surface area contributed by atoms with Crippen LogP contribution in [0.3, 0.4) is 0 Å². The molecule has 0 radical (unpaired) electrons. The number of ketones is 1. The molecule has 0 aliphatic rings. The highest BCUT2D eigenvalue weighted by Crippen LogP contribution is 2.20. The zero-order valence-corrected chi connectivity index (χ0v) is 9.90. The molecule has 0 saturated heterocycles. The van der Waals surface area contributed by atoms with Gasteiger partial charge in [-0.15, -0.1) is 0 Å². The Balaban J connectivity index is 3.17. The first-order valence-electron chi connectivity index (χ1n) is 4.09. The Bertz CT molecular complexity index is 352. The zero-order chi connectivity index (χ0) is 10.7. The fourth-order valence-corrected chi connectivity index (χ4v) is 1.53. The number of carbonyl (C=O) groups excluding carboxylic acids is 1. The summed E-state index contributed by atoms with van der Waals surface area (Å²) in [6.07, 6.45) is 0. The number of hydrogen-bond acceptors (Lipinski definition) is 1. The van der Waals surface area contributed by atoms with E-state index >= 15 is 0 Å². The van der Waals surface area contributed by atoms with E-state index in [-0.39, 0.29) is 10.6 Å². The molecule has 0 aliphatic carbocycles. The van der Waals surface area contributed by atoms with Crippen LogP contribution in [0.5, 0.6) is 0 Å². The maximum Gasteiger partial charge on any atom is 0.176 e. The molecule has 1 unspecified atom stereocenters. The van der Waals surface area contributed by atoms with Crippen molar-refractivity contribution in [1.29, 1.82) is 0 Å². The molecule has 14 heavy (non-hydrogen) atoms. The zero-order valence-electron chi connectivity index (χ0n) is 7.56. The molecular weight excluding hydrogens is 270 g/mol. The van der Waals surface area contributed by atoms with Crippen LogP contribution in [-0.2, 0) is 6.67 Å². The van der Waals surface area contributed by atoms with Crippen molar-refractivity contribution in [1.82, 2.24) is 0 Å². The van der Waals surface area contributed by atoms with Gasteiger partial charge in [0.25, 0.3) is 0 Å². The quantitative estimate of drug-likeness (QED) is 0.608. The van der Waals surface area contributed by atoms with E-state index in [0.29, 0.717) is 16.1 Å². The number of rotatable bonds is 3. The van der Waals surface area contributed by atoms with E-state index in [4.69, 9.17) is 11.6 Å². The summed E-state index contributed by atoms with van der Waals surface area (Å²) in [5.74, 6) is -0.153. The van der Waals surface area contributed by atoms with Crippen molar-refractivity contribution in [3.63, 3.8) is 0 Å². The molecule has 76 valence electrons. The topological polar surface area (TPSA) is 17.1 Å². The smallest absolute Gasteiger partial charge is 0.176 e. The molecule has 1 aromatic rings. The van der Waals surface area contributed by atoms with E-state index in [9.17, 15) is 9.18 Å². The van der Waals surface area contributed by atoms with Gasteiger partial charge in [0.05, 0.1) is 4.83 Å². The third-order valence-corrected chi connectivity index (χ3v) is 2.49. The predicted octanol–water partition coefficient (Wildman–Crippen LogP) is 3.78. The lowest BCUT2D eigenvalue weighted by Crippen LogP contribution is -2.12. The third-order valence-electron chi connectivity index (χ3n) is 1.84. The van der Waals surface area contributed by atoms with Crippen molar-refractivity contribution in [2.24, 2.45) is 0 Å². The van der Waals surface area contributed by atoms with Crippen LogP contribution in [0, 0.1) is 0 Å². The molecule has 4 heteroatoms. The molecule has 1 nitrogen and oxygen atoms in total. The Morgan fingerprint density at radius 2 is 2.29 bits per heavy atom. The van der Waals surface area contributed by atoms with Crippen molar-refractivity contribution in [3.05, 3.63) is 34.3 Å². The van der Waals surface area contributed by atoms with Crippen LogP contribution in [0.25, 0.3) is 0 Å². The van der Waals surface area contributed by atoms with E-state index in [1.165, 1.54) is 12.1 Å². The van der Waals surface area contributed by atoms with Crippen molar-refractivity contribution in [2.45, 2.75) is 18.4 Å². The van der Waals surface area contributed by atoms with Gasteiger partial charge < -0.3 is 0 Å². The van der Waals surface area contributed by atoms with Gasteiger partial charge in [-0.2, -0.15) is 0 Å². The lowest BCUT2D eigenvalue weighted by atomic mass is 10.0. The van der Waals surface area contributed by atoms with Crippen LogP contribution in [0.15, 0.2) is 18.2 Å². The van der Waals surface area contributed by atoms with E-state index in [1.807, 2.05) is 0 Å². The molecule has 0 saturated carbocycles. The van der Waals surface area contributed by atoms with Gasteiger partial charge in [0.15, 0.2) is 5.78 Å². The number of Topliss-reactive ketones (excluding diaryl/α,β-unsaturated/α-hetero) is 1. The first-order valence-corrected chi connectivity index (χ1v) is 5.38. The summed E-state index contributed by atoms with van der Waals surface area (Å²) in [5.41, 5.74) is 0.732. The Hall–Kier alpha value is -0.410. The molecule has 0 bridgehead atoms. The van der Waals surface area contributed by atoms with E-state index in [0.717, 1.165) is 0 Å². The second-order valence-electron chi connectivity index (χ2n) is 2.92. The summed E-state index contributed by atoms with van der Waals surface area (Å²) in [6, 6.07) is 4.60. The first kappa shape index (κ1) is 11.7. The number of hydrogen-bond donors (Lipinski definition) is 0. The van der Waals surface area contributed by atoms with Crippen LogP contribution >= 0.6 is 27.5 Å². The molecule has 0 fully saturated rings. The van der Waals surface area contributed by atoms with Gasteiger partial charge in [-0.3, -0.25) is 4.79 Å². The maximum absolute atomic E-state index is 12.5. The summed E-state index contributed by atoms with van der Waals surface area (Å²) in [4.78, 5) is 11.3. The third kappa shape index (κ3) is 2.55. The van der Waals surface area contributed by atoms with Crippen molar-refractivity contribution in [2.75, 3.05) is 0 Å². The number of alkyl halides is 2. The molecule has 1 atom stereocenters. The highest BCUT2D eigenvalue weighted by atomic mass is 79.9. The highest BCUT2D eigenvalue weighted by Gasteiger charge is 2.16.